The Balaban J connectivity index is 1.26. The third-order valence-electron chi connectivity index (χ3n) is 9.61. The van der Waals surface area contributed by atoms with Gasteiger partial charge in [-0.3, -0.25) is 4.90 Å². The van der Waals surface area contributed by atoms with E-state index in [1.165, 1.54) is 41.6 Å². The molecule has 6 rings (SSSR count). The van der Waals surface area contributed by atoms with Gasteiger partial charge in [-0.2, -0.15) is 0 Å². The van der Waals surface area contributed by atoms with Gasteiger partial charge in [0.1, 0.15) is 11.6 Å². The smallest absolute Gasteiger partial charge is 0.140 e. The maximum atomic E-state index is 5.53. The number of anilines is 3. The molecule has 0 atom stereocenters. The number of fused-ring (bicyclic) bond motifs is 1. The lowest BCUT2D eigenvalue weighted by atomic mass is 9.70. The molecule has 3 aromatic rings. The summed E-state index contributed by atoms with van der Waals surface area (Å²) in [5.41, 5.74) is 5.26. The number of piperidine rings is 1. The summed E-state index contributed by atoms with van der Waals surface area (Å²) < 4.78 is 5.53. The van der Waals surface area contributed by atoms with Gasteiger partial charge in [-0.25, -0.2) is 9.97 Å². The van der Waals surface area contributed by atoms with E-state index in [1.54, 1.807) is 0 Å². The van der Waals surface area contributed by atoms with Crippen molar-refractivity contribution in [3.63, 3.8) is 0 Å². The van der Waals surface area contributed by atoms with Crippen molar-refractivity contribution in [1.82, 2.24) is 14.9 Å². The van der Waals surface area contributed by atoms with E-state index in [0.29, 0.717) is 5.92 Å². The highest BCUT2D eigenvalue weighted by atomic mass is 16.5. The lowest BCUT2D eigenvalue weighted by Crippen LogP contribution is -2.40. The Labute approximate surface area is 240 Å². The summed E-state index contributed by atoms with van der Waals surface area (Å²) in [5.74, 6) is 2.75. The number of aromatic nitrogens is 2. The number of nitrogens with zero attached hydrogens (tertiary/aromatic N) is 6. The Morgan fingerprint density at radius 3 is 2.40 bits per heavy atom. The van der Waals surface area contributed by atoms with Crippen molar-refractivity contribution < 1.29 is 4.74 Å². The van der Waals surface area contributed by atoms with Gasteiger partial charge in [0.15, 0.2) is 0 Å². The zero-order valence-corrected chi connectivity index (χ0v) is 24.9. The van der Waals surface area contributed by atoms with Gasteiger partial charge in [0.25, 0.3) is 0 Å². The molecule has 7 nitrogen and oxygen atoms in total. The van der Waals surface area contributed by atoms with Crippen LogP contribution in [0.15, 0.2) is 42.5 Å². The Morgan fingerprint density at radius 2 is 1.70 bits per heavy atom. The Kier molecular flexibility index (Phi) is 7.87. The SMILES string of the molecule is CN(C)c1ccccc1C1CCN(c2nc(C3(C)CCC3)nc3ccc(N(C)CCN4CCOCC4)cc23)CC1. The minimum atomic E-state index is 0.111. The maximum absolute atomic E-state index is 5.53. The van der Waals surface area contributed by atoms with Crippen LogP contribution in [0.3, 0.4) is 0 Å². The monoisotopic (exact) mass is 542 g/mol. The molecule has 3 heterocycles. The molecule has 0 amide bonds. The van der Waals surface area contributed by atoms with Crippen LogP contribution < -0.4 is 14.7 Å². The summed E-state index contributed by atoms with van der Waals surface area (Å²) in [6.45, 7) is 10.2. The highest BCUT2D eigenvalue weighted by Gasteiger charge is 2.37. The van der Waals surface area contributed by atoms with Crippen LogP contribution in [0.4, 0.5) is 17.2 Å². The van der Waals surface area contributed by atoms with Crippen molar-refractivity contribution in [2.75, 3.05) is 88.3 Å². The average Bonchev–Trinajstić information content (AvgIpc) is 2.98. The number of morpholine rings is 1. The topological polar surface area (TPSA) is 48.0 Å². The van der Waals surface area contributed by atoms with Crippen molar-refractivity contribution in [3.05, 3.63) is 53.9 Å². The fraction of sp³-hybridized carbons (Fsp3) is 0.576. The van der Waals surface area contributed by atoms with Gasteiger partial charge >= 0.3 is 0 Å². The van der Waals surface area contributed by atoms with Gasteiger partial charge < -0.3 is 19.4 Å². The summed E-state index contributed by atoms with van der Waals surface area (Å²) >= 11 is 0. The second-order valence-electron chi connectivity index (χ2n) is 12.6. The van der Waals surface area contributed by atoms with Crippen molar-refractivity contribution in [1.29, 1.82) is 0 Å². The second kappa shape index (κ2) is 11.5. The number of rotatable bonds is 8. The zero-order chi connectivity index (χ0) is 27.7. The predicted molar refractivity (Wildman–Crippen MR) is 166 cm³/mol. The van der Waals surface area contributed by atoms with Gasteiger partial charge in [0.2, 0.25) is 0 Å². The van der Waals surface area contributed by atoms with Crippen molar-refractivity contribution >= 4 is 28.1 Å². The molecule has 1 saturated carbocycles. The maximum Gasteiger partial charge on any atom is 0.140 e. The molecule has 3 aliphatic rings. The molecule has 0 N–H and O–H groups in total. The molecule has 2 saturated heterocycles. The van der Waals surface area contributed by atoms with E-state index in [-0.39, 0.29) is 5.41 Å². The lowest BCUT2D eigenvalue weighted by molar-refractivity contribution is 0.0393. The molecular weight excluding hydrogens is 496 g/mol. The normalized spacial score (nSPS) is 19.9. The van der Waals surface area contributed by atoms with Crippen LogP contribution >= 0.6 is 0 Å². The Bertz CT molecular complexity index is 1310. The van der Waals surface area contributed by atoms with Crippen molar-refractivity contribution in [3.8, 4) is 0 Å². The van der Waals surface area contributed by atoms with Gasteiger partial charge in [-0.05, 0) is 61.4 Å². The fourth-order valence-corrected chi connectivity index (χ4v) is 6.67. The molecule has 0 unspecified atom stereocenters. The van der Waals surface area contributed by atoms with E-state index >= 15 is 0 Å². The van der Waals surface area contributed by atoms with E-state index in [0.717, 1.165) is 82.5 Å². The first-order valence-electron chi connectivity index (χ1n) is 15.3. The zero-order valence-electron chi connectivity index (χ0n) is 24.9. The van der Waals surface area contributed by atoms with E-state index in [2.05, 4.69) is 90.1 Å². The van der Waals surface area contributed by atoms with Crippen molar-refractivity contribution in [2.24, 2.45) is 0 Å². The number of para-hydroxylation sites is 1. The number of likely N-dealkylation sites (N-methyl/N-ethyl adjacent to an activating group) is 1. The van der Waals surface area contributed by atoms with Crippen LogP contribution in [0, 0.1) is 0 Å². The van der Waals surface area contributed by atoms with Crippen LogP contribution in [0.25, 0.3) is 10.9 Å². The van der Waals surface area contributed by atoms with E-state index < -0.39 is 0 Å². The predicted octanol–water partition coefficient (Wildman–Crippen LogP) is 5.29. The molecule has 1 aromatic heterocycles. The highest BCUT2D eigenvalue weighted by molar-refractivity contribution is 5.92. The Morgan fingerprint density at radius 1 is 0.950 bits per heavy atom. The summed E-state index contributed by atoms with van der Waals surface area (Å²) in [7, 11) is 6.51. The molecule has 2 aromatic carbocycles. The second-order valence-corrected chi connectivity index (χ2v) is 12.6. The average molecular weight is 543 g/mol. The molecule has 0 bridgehead atoms. The first-order chi connectivity index (χ1) is 19.4. The summed E-state index contributed by atoms with van der Waals surface area (Å²) in [4.78, 5) is 20.2. The van der Waals surface area contributed by atoms with E-state index in [4.69, 9.17) is 14.7 Å². The first-order valence-corrected chi connectivity index (χ1v) is 15.3. The fourth-order valence-electron chi connectivity index (χ4n) is 6.67. The third-order valence-corrected chi connectivity index (χ3v) is 9.61. The molecule has 40 heavy (non-hydrogen) atoms. The lowest BCUT2D eigenvalue weighted by Gasteiger charge is -2.39. The number of ether oxygens (including phenoxy) is 1. The standard InChI is InChI=1S/C33H46N6O/c1-33(14-7-15-33)32-34-29-11-10-26(37(4)18-19-38-20-22-40-23-21-38)24-28(29)31(35-32)39-16-12-25(13-17-39)27-8-5-6-9-30(27)36(2)3/h5-6,8-11,24-25H,7,12-23H2,1-4H3. The third kappa shape index (κ3) is 5.51. The van der Waals surface area contributed by atoms with Gasteiger partial charge in [-0.1, -0.05) is 31.5 Å². The minimum Gasteiger partial charge on any atom is -0.379 e. The van der Waals surface area contributed by atoms with Gasteiger partial charge in [0, 0.05) is 82.6 Å². The molecule has 7 heteroatoms. The molecule has 3 fully saturated rings. The van der Waals surface area contributed by atoms with Gasteiger partial charge in [0.05, 0.1) is 18.7 Å². The number of hydrogen-bond acceptors (Lipinski definition) is 7. The summed E-state index contributed by atoms with van der Waals surface area (Å²) in [6, 6.07) is 15.7. The molecule has 214 valence electrons. The quantitative estimate of drug-likeness (QED) is 0.383. The van der Waals surface area contributed by atoms with Crippen LogP contribution in [-0.4, -0.2) is 88.5 Å². The largest absolute Gasteiger partial charge is 0.379 e. The minimum absolute atomic E-state index is 0.111. The van der Waals surface area contributed by atoms with Crippen molar-refractivity contribution in [2.45, 2.75) is 50.4 Å². The van der Waals surface area contributed by atoms with Crippen LogP contribution in [0.2, 0.25) is 0 Å². The number of hydrogen-bond donors (Lipinski definition) is 0. The Hall–Kier alpha value is -2.90. The first kappa shape index (κ1) is 27.3. The highest BCUT2D eigenvalue weighted by Crippen LogP contribution is 2.44. The van der Waals surface area contributed by atoms with E-state index in [9.17, 15) is 0 Å². The molecule has 2 aliphatic heterocycles. The molecule has 1 aliphatic carbocycles. The van der Waals surface area contributed by atoms with E-state index in [1.807, 2.05) is 0 Å². The molecule has 0 radical (unpaired) electrons. The van der Waals surface area contributed by atoms with Crippen LogP contribution in [-0.2, 0) is 10.2 Å². The van der Waals surface area contributed by atoms with Crippen LogP contribution in [0.1, 0.15) is 56.3 Å². The molecular formula is C33H46N6O. The van der Waals surface area contributed by atoms with Gasteiger partial charge in [-0.15, -0.1) is 0 Å². The number of benzene rings is 2. The molecule has 0 spiro atoms. The summed E-state index contributed by atoms with van der Waals surface area (Å²) in [6.07, 6.45) is 5.92. The van der Waals surface area contributed by atoms with Crippen LogP contribution in [0.5, 0.6) is 0 Å². The summed E-state index contributed by atoms with van der Waals surface area (Å²) in [5, 5.41) is 1.19.